The third kappa shape index (κ3) is 4.92. The van der Waals surface area contributed by atoms with Crippen molar-refractivity contribution in [2.24, 2.45) is 5.92 Å². The smallest absolute Gasteiger partial charge is 0.141 e. The van der Waals surface area contributed by atoms with Crippen LogP contribution < -0.4 is 5.32 Å². The van der Waals surface area contributed by atoms with Gasteiger partial charge in [-0.2, -0.15) is 0 Å². The summed E-state index contributed by atoms with van der Waals surface area (Å²) in [6.45, 7) is 6.70. The van der Waals surface area contributed by atoms with Gasteiger partial charge in [0.2, 0.25) is 0 Å². The Kier molecular flexibility index (Phi) is 6.06. The highest BCUT2D eigenvalue weighted by molar-refractivity contribution is 6.30. The van der Waals surface area contributed by atoms with Crippen molar-refractivity contribution in [3.63, 3.8) is 0 Å². The summed E-state index contributed by atoms with van der Waals surface area (Å²) in [6, 6.07) is 4.88. The number of aliphatic hydroxyl groups excluding tert-OH is 1. The van der Waals surface area contributed by atoms with Crippen molar-refractivity contribution in [2.45, 2.75) is 39.3 Å². The lowest BCUT2D eigenvalue weighted by Gasteiger charge is -2.19. The second-order valence-electron chi connectivity index (χ2n) is 4.99. The van der Waals surface area contributed by atoms with Gasteiger partial charge >= 0.3 is 0 Å². The SMILES string of the molecule is CC(O)CC(C)CNC(C)c1ccc(F)c(Cl)c1. The molecule has 102 valence electrons. The predicted molar refractivity (Wildman–Crippen MR) is 73.3 cm³/mol. The lowest BCUT2D eigenvalue weighted by molar-refractivity contribution is 0.162. The van der Waals surface area contributed by atoms with Crippen LogP contribution in [0.4, 0.5) is 4.39 Å². The number of hydrogen-bond donors (Lipinski definition) is 2. The number of hydrogen-bond acceptors (Lipinski definition) is 2. The molecule has 1 aromatic carbocycles. The lowest BCUT2D eigenvalue weighted by Crippen LogP contribution is -2.26. The molecule has 0 aromatic heterocycles. The number of nitrogens with one attached hydrogen (secondary N) is 1. The standard InChI is InChI=1S/C14H21ClFNO/c1-9(6-10(2)18)8-17-11(3)12-4-5-14(16)13(15)7-12/h4-5,7,9-11,17-18H,6,8H2,1-3H3. The summed E-state index contributed by atoms with van der Waals surface area (Å²) in [6.07, 6.45) is 0.488. The van der Waals surface area contributed by atoms with E-state index in [1.807, 2.05) is 6.92 Å². The zero-order valence-electron chi connectivity index (χ0n) is 11.1. The van der Waals surface area contributed by atoms with Crippen LogP contribution in [0.5, 0.6) is 0 Å². The zero-order valence-corrected chi connectivity index (χ0v) is 11.8. The molecule has 2 nitrogen and oxygen atoms in total. The lowest BCUT2D eigenvalue weighted by atomic mass is 10.0. The third-order valence-electron chi connectivity index (χ3n) is 2.96. The normalized spacial score (nSPS) is 16.3. The molecule has 2 N–H and O–H groups in total. The molecule has 0 aliphatic carbocycles. The molecule has 0 heterocycles. The minimum Gasteiger partial charge on any atom is -0.393 e. The van der Waals surface area contributed by atoms with Crippen LogP contribution in [0.25, 0.3) is 0 Å². The molecule has 3 atom stereocenters. The van der Waals surface area contributed by atoms with Gasteiger partial charge in [0.05, 0.1) is 11.1 Å². The van der Waals surface area contributed by atoms with Crippen LogP contribution in [-0.4, -0.2) is 17.8 Å². The van der Waals surface area contributed by atoms with Crippen molar-refractivity contribution in [3.05, 3.63) is 34.6 Å². The Morgan fingerprint density at radius 2 is 2.00 bits per heavy atom. The van der Waals surface area contributed by atoms with E-state index >= 15 is 0 Å². The molecule has 0 amide bonds. The second-order valence-corrected chi connectivity index (χ2v) is 5.40. The summed E-state index contributed by atoms with van der Waals surface area (Å²) in [5.74, 6) is -0.00143. The highest BCUT2D eigenvalue weighted by Gasteiger charge is 2.11. The van der Waals surface area contributed by atoms with Gasteiger partial charge in [-0.1, -0.05) is 24.6 Å². The van der Waals surface area contributed by atoms with Crippen molar-refractivity contribution >= 4 is 11.6 Å². The topological polar surface area (TPSA) is 32.3 Å². The maximum Gasteiger partial charge on any atom is 0.141 e. The van der Waals surface area contributed by atoms with E-state index in [0.29, 0.717) is 5.92 Å². The molecular formula is C14H21ClFNO. The maximum absolute atomic E-state index is 13.0. The Bertz CT molecular complexity index is 384. The third-order valence-corrected chi connectivity index (χ3v) is 3.25. The van der Waals surface area contributed by atoms with E-state index in [2.05, 4.69) is 12.2 Å². The van der Waals surface area contributed by atoms with E-state index in [1.165, 1.54) is 6.07 Å². The number of halogens is 2. The van der Waals surface area contributed by atoms with Gasteiger partial charge in [0.1, 0.15) is 5.82 Å². The molecule has 0 bridgehead atoms. The van der Waals surface area contributed by atoms with Crippen LogP contribution in [0.3, 0.4) is 0 Å². The maximum atomic E-state index is 13.0. The van der Waals surface area contributed by atoms with Crippen LogP contribution in [-0.2, 0) is 0 Å². The molecule has 0 aliphatic rings. The summed E-state index contributed by atoms with van der Waals surface area (Å²) >= 11 is 5.75. The molecule has 0 fully saturated rings. The molecule has 0 aliphatic heterocycles. The fraction of sp³-hybridized carbons (Fsp3) is 0.571. The minimum absolute atomic E-state index is 0.111. The highest BCUT2D eigenvalue weighted by atomic mass is 35.5. The molecule has 0 spiro atoms. The Hall–Kier alpha value is -0.640. The first-order valence-corrected chi connectivity index (χ1v) is 6.64. The Morgan fingerprint density at radius 3 is 2.56 bits per heavy atom. The van der Waals surface area contributed by atoms with Crippen LogP contribution in [0.1, 0.15) is 38.8 Å². The Labute approximate surface area is 113 Å². The first-order valence-electron chi connectivity index (χ1n) is 6.26. The van der Waals surface area contributed by atoms with Crippen molar-refractivity contribution in [1.82, 2.24) is 5.32 Å². The fourth-order valence-corrected chi connectivity index (χ4v) is 2.13. The highest BCUT2D eigenvalue weighted by Crippen LogP contribution is 2.21. The van der Waals surface area contributed by atoms with Gasteiger partial charge in [0.25, 0.3) is 0 Å². The largest absolute Gasteiger partial charge is 0.393 e. The van der Waals surface area contributed by atoms with E-state index in [9.17, 15) is 9.50 Å². The Morgan fingerprint density at radius 1 is 1.33 bits per heavy atom. The molecule has 1 aromatic rings. The number of benzene rings is 1. The van der Waals surface area contributed by atoms with Gasteiger partial charge in [-0.25, -0.2) is 4.39 Å². The molecule has 3 unspecified atom stereocenters. The molecule has 0 saturated heterocycles. The van der Waals surface area contributed by atoms with Crippen LogP contribution in [0.15, 0.2) is 18.2 Å². The molecule has 0 saturated carbocycles. The number of rotatable bonds is 6. The van der Waals surface area contributed by atoms with E-state index in [4.69, 9.17) is 11.6 Å². The monoisotopic (exact) mass is 273 g/mol. The van der Waals surface area contributed by atoms with E-state index in [-0.39, 0.29) is 17.2 Å². The van der Waals surface area contributed by atoms with Crippen molar-refractivity contribution in [2.75, 3.05) is 6.54 Å². The van der Waals surface area contributed by atoms with E-state index < -0.39 is 5.82 Å². The molecule has 4 heteroatoms. The summed E-state index contributed by atoms with van der Waals surface area (Å²) < 4.78 is 13.0. The molecule has 1 rings (SSSR count). The summed E-state index contributed by atoms with van der Waals surface area (Å²) in [5, 5.41) is 12.8. The van der Waals surface area contributed by atoms with Gasteiger partial charge in [-0.3, -0.25) is 0 Å². The zero-order chi connectivity index (χ0) is 13.7. The minimum atomic E-state index is -0.393. The summed E-state index contributed by atoms with van der Waals surface area (Å²) in [5.41, 5.74) is 0.964. The average molecular weight is 274 g/mol. The molecular weight excluding hydrogens is 253 g/mol. The van der Waals surface area contributed by atoms with Gasteiger partial charge in [-0.05, 0) is 50.4 Å². The second kappa shape index (κ2) is 7.07. The van der Waals surface area contributed by atoms with Gasteiger partial charge < -0.3 is 10.4 Å². The van der Waals surface area contributed by atoms with E-state index in [1.54, 1.807) is 19.1 Å². The Balaban J connectivity index is 2.49. The molecule has 0 radical (unpaired) electrons. The fourth-order valence-electron chi connectivity index (χ4n) is 1.94. The van der Waals surface area contributed by atoms with Gasteiger partial charge in [-0.15, -0.1) is 0 Å². The average Bonchev–Trinajstić information content (AvgIpc) is 2.28. The van der Waals surface area contributed by atoms with Crippen LogP contribution >= 0.6 is 11.6 Å². The summed E-state index contributed by atoms with van der Waals surface area (Å²) in [4.78, 5) is 0. The quantitative estimate of drug-likeness (QED) is 0.831. The van der Waals surface area contributed by atoms with Crippen molar-refractivity contribution in [1.29, 1.82) is 0 Å². The van der Waals surface area contributed by atoms with E-state index in [0.717, 1.165) is 18.5 Å². The molecule has 18 heavy (non-hydrogen) atoms. The van der Waals surface area contributed by atoms with Gasteiger partial charge in [0.15, 0.2) is 0 Å². The predicted octanol–water partition coefficient (Wildman–Crippen LogP) is 3.54. The summed E-state index contributed by atoms with van der Waals surface area (Å²) in [7, 11) is 0. The first kappa shape index (κ1) is 15.4. The van der Waals surface area contributed by atoms with Gasteiger partial charge in [0, 0.05) is 6.04 Å². The van der Waals surface area contributed by atoms with Crippen molar-refractivity contribution in [3.8, 4) is 0 Å². The van der Waals surface area contributed by atoms with Crippen LogP contribution in [0.2, 0.25) is 5.02 Å². The first-order chi connectivity index (χ1) is 8.40. The van der Waals surface area contributed by atoms with Crippen LogP contribution in [0, 0.1) is 11.7 Å². The number of aliphatic hydroxyl groups is 1. The van der Waals surface area contributed by atoms with Crippen molar-refractivity contribution < 1.29 is 9.50 Å².